The van der Waals surface area contributed by atoms with Crippen LogP contribution in [0.25, 0.3) is 0 Å². The minimum Gasteiger partial charge on any atom is -0.343 e. The minimum atomic E-state index is -3.34. The number of carbonyl (C=O) groups is 2. The summed E-state index contributed by atoms with van der Waals surface area (Å²) in [5, 5.41) is 0. The van der Waals surface area contributed by atoms with Gasteiger partial charge < -0.3 is 4.90 Å². The van der Waals surface area contributed by atoms with E-state index in [-0.39, 0.29) is 24.5 Å². The molecule has 0 bridgehead atoms. The van der Waals surface area contributed by atoms with Crippen molar-refractivity contribution in [2.45, 2.75) is 58.8 Å². The van der Waals surface area contributed by atoms with Gasteiger partial charge in [0.1, 0.15) is 0 Å². The first-order valence-corrected chi connectivity index (χ1v) is 11.5. The maximum atomic E-state index is 12.3. The molecule has 152 valence electrons. The average Bonchev–Trinajstić information content (AvgIpc) is 2.61. The molecule has 0 aliphatic carbocycles. The molecule has 0 saturated heterocycles. The fourth-order valence-corrected chi connectivity index (χ4v) is 3.39. The lowest BCUT2D eigenvalue weighted by Crippen LogP contribution is -2.32. The van der Waals surface area contributed by atoms with Crippen molar-refractivity contribution >= 4 is 27.4 Å². The predicted molar refractivity (Wildman–Crippen MR) is 109 cm³/mol. The molecule has 7 heteroatoms. The normalized spacial score (nSPS) is 11.2. The summed E-state index contributed by atoms with van der Waals surface area (Å²) < 4.78 is 24.7. The maximum absolute atomic E-state index is 12.3. The van der Waals surface area contributed by atoms with Crippen LogP contribution in [0.3, 0.4) is 0 Å². The summed E-state index contributed by atoms with van der Waals surface area (Å²) in [6, 6.07) is 6.24. The van der Waals surface area contributed by atoms with Crippen LogP contribution >= 0.6 is 0 Å². The summed E-state index contributed by atoms with van der Waals surface area (Å²) in [7, 11) is -3.34. The Balaban J connectivity index is 2.46. The minimum absolute atomic E-state index is 0.0108. The molecule has 0 aliphatic heterocycles. The lowest BCUT2D eigenvalue weighted by atomic mass is 10.1. The molecule has 0 saturated carbocycles. The van der Waals surface area contributed by atoms with Gasteiger partial charge in [-0.2, -0.15) is 0 Å². The van der Waals surface area contributed by atoms with E-state index in [0.29, 0.717) is 17.8 Å². The first-order valence-electron chi connectivity index (χ1n) is 9.65. The van der Waals surface area contributed by atoms with Crippen LogP contribution in [0.4, 0.5) is 5.69 Å². The standard InChI is InChI=1S/C20H32N2O4S/c1-4-6-7-8-9-16-22(5-2)20(24)15-14-19(23)17-10-12-18(13-11-17)21-27(3,25)26/h10-13,21H,4-9,14-16H2,1-3H3. The topological polar surface area (TPSA) is 83.6 Å². The molecule has 0 radical (unpaired) electrons. The van der Waals surface area contributed by atoms with Crippen LogP contribution in [-0.2, 0) is 14.8 Å². The van der Waals surface area contributed by atoms with Crippen molar-refractivity contribution in [1.82, 2.24) is 4.90 Å². The van der Waals surface area contributed by atoms with Gasteiger partial charge in [0.15, 0.2) is 5.78 Å². The van der Waals surface area contributed by atoms with Crippen LogP contribution in [0.1, 0.15) is 69.2 Å². The van der Waals surface area contributed by atoms with Crippen LogP contribution in [0.2, 0.25) is 0 Å². The van der Waals surface area contributed by atoms with E-state index in [1.165, 1.54) is 19.3 Å². The molecule has 0 fully saturated rings. The molecule has 0 unspecified atom stereocenters. The lowest BCUT2D eigenvalue weighted by molar-refractivity contribution is -0.131. The number of anilines is 1. The predicted octanol–water partition coefficient (Wildman–Crippen LogP) is 3.84. The molecule has 0 aliphatic rings. The molecule has 6 nitrogen and oxygen atoms in total. The van der Waals surface area contributed by atoms with Gasteiger partial charge in [-0.05, 0) is 37.6 Å². The van der Waals surface area contributed by atoms with E-state index in [1.807, 2.05) is 11.8 Å². The van der Waals surface area contributed by atoms with E-state index in [4.69, 9.17) is 0 Å². The number of benzene rings is 1. The Labute approximate surface area is 163 Å². The number of unbranched alkanes of at least 4 members (excludes halogenated alkanes) is 4. The van der Waals surface area contributed by atoms with Crippen molar-refractivity contribution < 1.29 is 18.0 Å². The zero-order valence-electron chi connectivity index (χ0n) is 16.7. The molecule has 0 aromatic heterocycles. The van der Waals surface area contributed by atoms with E-state index in [1.54, 1.807) is 24.3 Å². The van der Waals surface area contributed by atoms with Gasteiger partial charge in [0.25, 0.3) is 0 Å². The van der Waals surface area contributed by atoms with Gasteiger partial charge in [-0.1, -0.05) is 32.6 Å². The Morgan fingerprint density at radius 1 is 0.963 bits per heavy atom. The third-order valence-electron chi connectivity index (χ3n) is 4.34. The number of hydrogen-bond acceptors (Lipinski definition) is 4. The Kier molecular flexibility index (Phi) is 10.1. The third kappa shape index (κ3) is 9.56. The van der Waals surface area contributed by atoms with Crippen molar-refractivity contribution in [2.24, 2.45) is 0 Å². The fraction of sp³-hybridized carbons (Fsp3) is 0.600. The smallest absolute Gasteiger partial charge is 0.229 e. The van der Waals surface area contributed by atoms with Crippen molar-refractivity contribution in [3.63, 3.8) is 0 Å². The summed E-state index contributed by atoms with van der Waals surface area (Å²) in [6.07, 6.45) is 7.19. The van der Waals surface area contributed by atoms with Crippen molar-refractivity contribution in [3.05, 3.63) is 29.8 Å². The molecule has 27 heavy (non-hydrogen) atoms. The number of ketones is 1. The number of carbonyl (C=O) groups excluding carboxylic acids is 2. The zero-order chi connectivity index (χ0) is 20.3. The lowest BCUT2D eigenvalue weighted by Gasteiger charge is -2.20. The molecule has 0 spiro atoms. The molecular formula is C20H32N2O4S. The van der Waals surface area contributed by atoms with Crippen molar-refractivity contribution in [1.29, 1.82) is 0 Å². The number of nitrogens with zero attached hydrogens (tertiary/aromatic N) is 1. The summed E-state index contributed by atoms with van der Waals surface area (Å²) in [5.74, 6) is -0.107. The van der Waals surface area contributed by atoms with Gasteiger partial charge in [-0.25, -0.2) is 8.42 Å². The SMILES string of the molecule is CCCCCCCN(CC)C(=O)CCC(=O)c1ccc(NS(C)(=O)=O)cc1. The highest BCUT2D eigenvalue weighted by Gasteiger charge is 2.14. The molecule has 0 atom stereocenters. The monoisotopic (exact) mass is 396 g/mol. The van der Waals surface area contributed by atoms with E-state index in [9.17, 15) is 18.0 Å². The highest BCUT2D eigenvalue weighted by Crippen LogP contribution is 2.14. The molecule has 1 aromatic carbocycles. The first-order chi connectivity index (χ1) is 12.8. The number of rotatable bonds is 13. The number of amides is 1. The van der Waals surface area contributed by atoms with Crippen LogP contribution in [0, 0.1) is 0 Å². The Hall–Kier alpha value is -1.89. The average molecular weight is 397 g/mol. The summed E-state index contributed by atoms with van der Waals surface area (Å²) >= 11 is 0. The molecule has 1 rings (SSSR count). The van der Waals surface area contributed by atoms with Crippen LogP contribution in [0.5, 0.6) is 0 Å². The Morgan fingerprint density at radius 2 is 1.59 bits per heavy atom. The molecule has 0 heterocycles. The fourth-order valence-electron chi connectivity index (χ4n) is 2.83. The molecule has 1 N–H and O–H groups in total. The van der Waals surface area contributed by atoms with Crippen LogP contribution in [0.15, 0.2) is 24.3 Å². The highest BCUT2D eigenvalue weighted by molar-refractivity contribution is 7.92. The first kappa shape index (κ1) is 23.1. The van der Waals surface area contributed by atoms with E-state index in [0.717, 1.165) is 25.6 Å². The Morgan fingerprint density at radius 3 is 2.15 bits per heavy atom. The largest absolute Gasteiger partial charge is 0.343 e. The quantitative estimate of drug-likeness (QED) is 0.406. The van der Waals surface area contributed by atoms with Gasteiger partial charge in [0.2, 0.25) is 15.9 Å². The molecule has 1 amide bonds. The number of nitrogens with one attached hydrogen (secondary N) is 1. The van der Waals surface area contributed by atoms with Gasteiger partial charge in [-0.15, -0.1) is 0 Å². The molecule has 1 aromatic rings. The van der Waals surface area contributed by atoms with Gasteiger partial charge in [0, 0.05) is 37.2 Å². The highest BCUT2D eigenvalue weighted by atomic mass is 32.2. The number of Topliss-reactive ketones (excluding diaryl/α,β-unsaturated/α-hetero) is 1. The van der Waals surface area contributed by atoms with Gasteiger partial charge in [0.05, 0.1) is 6.26 Å². The van der Waals surface area contributed by atoms with Crippen molar-refractivity contribution in [3.8, 4) is 0 Å². The second kappa shape index (κ2) is 11.7. The number of hydrogen-bond donors (Lipinski definition) is 1. The maximum Gasteiger partial charge on any atom is 0.229 e. The molecular weight excluding hydrogens is 364 g/mol. The van der Waals surface area contributed by atoms with E-state index < -0.39 is 10.0 Å². The van der Waals surface area contributed by atoms with Gasteiger partial charge >= 0.3 is 0 Å². The third-order valence-corrected chi connectivity index (χ3v) is 4.95. The van der Waals surface area contributed by atoms with Crippen molar-refractivity contribution in [2.75, 3.05) is 24.1 Å². The summed E-state index contributed by atoms with van der Waals surface area (Å²) in [4.78, 5) is 26.4. The zero-order valence-corrected chi connectivity index (χ0v) is 17.5. The van der Waals surface area contributed by atoms with Crippen LogP contribution in [-0.4, -0.2) is 44.4 Å². The van der Waals surface area contributed by atoms with Gasteiger partial charge in [-0.3, -0.25) is 14.3 Å². The van der Waals surface area contributed by atoms with E-state index >= 15 is 0 Å². The number of sulfonamides is 1. The summed E-state index contributed by atoms with van der Waals surface area (Å²) in [5.41, 5.74) is 0.884. The van der Waals surface area contributed by atoms with E-state index in [2.05, 4.69) is 11.6 Å². The summed E-state index contributed by atoms with van der Waals surface area (Å²) in [6.45, 7) is 5.54. The van der Waals surface area contributed by atoms with Crippen LogP contribution < -0.4 is 4.72 Å². The Bertz CT molecular complexity index is 699. The second-order valence-corrected chi connectivity index (χ2v) is 8.51. The second-order valence-electron chi connectivity index (χ2n) is 6.76.